The summed E-state index contributed by atoms with van der Waals surface area (Å²) in [4.78, 5) is 14.0. The minimum Gasteiger partial charge on any atom is -0.326 e. The molecule has 0 unspecified atom stereocenters. The Morgan fingerprint density at radius 3 is 2.79 bits per heavy atom. The van der Waals surface area contributed by atoms with Crippen LogP contribution >= 0.6 is 0 Å². The summed E-state index contributed by atoms with van der Waals surface area (Å²) in [5, 5.41) is 4.19. The average Bonchev–Trinajstić information content (AvgIpc) is 2.76. The molecule has 5 heteroatoms. The molecule has 100 valence electrons. The van der Waals surface area contributed by atoms with Gasteiger partial charge in [0.15, 0.2) is 0 Å². The van der Waals surface area contributed by atoms with Gasteiger partial charge in [0.05, 0.1) is 11.3 Å². The SMILES string of the molecule is Cc1nn(C)cc1C(=O)N(C)c1cccc(CN)c1. The highest BCUT2D eigenvalue weighted by atomic mass is 16.2. The van der Waals surface area contributed by atoms with Crippen LogP contribution in [0.4, 0.5) is 5.69 Å². The number of hydrogen-bond donors (Lipinski definition) is 1. The van der Waals surface area contributed by atoms with Crippen LogP contribution in [0, 0.1) is 6.92 Å². The molecule has 0 fully saturated rings. The highest BCUT2D eigenvalue weighted by Crippen LogP contribution is 2.18. The van der Waals surface area contributed by atoms with E-state index >= 15 is 0 Å². The molecule has 5 nitrogen and oxygen atoms in total. The average molecular weight is 258 g/mol. The highest BCUT2D eigenvalue weighted by molar-refractivity contribution is 6.06. The van der Waals surface area contributed by atoms with Crippen LogP contribution in [0.3, 0.4) is 0 Å². The normalized spacial score (nSPS) is 10.5. The van der Waals surface area contributed by atoms with Crippen LogP contribution in [0.1, 0.15) is 21.6 Å². The van der Waals surface area contributed by atoms with Crippen LogP contribution in [0.15, 0.2) is 30.5 Å². The van der Waals surface area contributed by atoms with E-state index in [-0.39, 0.29) is 5.91 Å². The molecule has 2 aromatic rings. The number of amides is 1. The number of rotatable bonds is 3. The van der Waals surface area contributed by atoms with Gasteiger partial charge in [-0.2, -0.15) is 5.10 Å². The molecule has 0 bridgehead atoms. The van der Waals surface area contributed by atoms with E-state index in [2.05, 4.69) is 5.10 Å². The number of aryl methyl sites for hydroxylation is 2. The summed E-state index contributed by atoms with van der Waals surface area (Å²) in [5.74, 6) is -0.0697. The fourth-order valence-electron chi connectivity index (χ4n) is 2.00. The molecule has 0 saturated carbocycles. The Balaban J connectivity index is 2.30. The summed E-state index contributed by atoms with van der Waals surface area (Å²) < 4.78 is 1.65. The van der Waals surface area contributed by atoms with Crippen molar-refractivity contribution < 1.29 is 4.79 Å². The molecule has 2 rings (SSSR count). The van der Waals surface area contributed by atoms with E-state index in [0.29, 0.717) is 12.1 Å². The van der Waals surface area contributed by atoms with Gasteiger partial charge in [0.1, 0.15) is 0 Å². The third-order valence-electron chi connectivity index (χ3n) is 3.08. The van der Waals surface area contributed by atoms with Gasteiger partial charge in [-0.25, -0.2) is 0 Å². The largest absolute Gasteiger partial charge is 0.326 e. The first kappa shape index (κ1) is 13.3. The second-order valence-corrected chi connectivity index (χ2v) is 4.54. The predicted octanol–water partition coefficient (Wildman–Crippen LogP) is 1.46. The molecular weight excluding hydrogens is 240 g/mol. The molecule has 1 aromatic heterocycles. The molecule has 0 aliphatic carbocycles. The lowest BCUT2D eigenvalue weighted by molar-refractivity contribution is 0.0992. The van der Waals surface area contributed by atoms with Crippen molar-refractivity contribution in [1.82, 2.24) is 9.78 Å². The van der Waals surface area contributed by atoms with Crippen LogP contribution < -0.4 is 10.6 Å². The molecule has 0 atom stereocenters. The first-order chi connectivity index (χ1) is 9.02. The van der Waals surface area contributed by atoms with E-state index in [1.54, 1.807) is 29.9 Å². The molecule has 0 aliphatic rings. The summed E-state index contributed by atoms with van der Waals surface area (Å²) >= 11 is 0. The van der Waals surface area contributed by atoms with Crippen LogP contribution in [0.25, 0.3) is 0 Å². The first-order valence-electron chi connectivity index (χ1n) is 6.10. The second-order valence-electron chi connectivity index (χ2n) is 4.54. The minimum absolute atomic E-state index is 0.0697. The number of nitrogens with zero attached hydrogens (tertiary/aromatic N) is 3. The lowest BCUT2D eigenvalue weighted by Gasteiger charge is -2.17. The molecule has 0 saturated heterocycles. The fourth-order valence-corrected chi connectivity index (χ4v) is 2.00. The quantitative estimate of drug-likeness (QED) is 0.906. The van der Waals surface area contributed by atoms with Crippen molar-refractivity contribution in [2.24, 2.45) is 12.8 Å². The molecule has 1 amide bonds. The monoisotopic (exact) mass is 258 g/mol. The number of anilines is 1. The van der Waals surface area contributed by atoms with E-state index in [9.17, 15) is 4.79 Å². The van der Waals surface area contributed by atoms with Gasteiger partial charge in [-0.15, -0.1) is 0 Å². The summed E-state index contributed by atoms with van der Waals surface area (Å²) in [7, 11) is 3.56. The van der Waals surface area contributed by atoms with Crippen LogP contribution in [0.2, 0.25) is 0 Å². The number of nitrogens with two attached hydrogens (primary N) is 1. The lowest BCUT2D eigenvalue weighted by Crippen LogP contribution is -2.26. The number of carbonyl (C=O) groups is 1. The van der Waals surface area contributed by atoms with Gasteiger partial charge in [0, 0.05) is 32.5 Å². The van der Waals surface area contributed by atoms with Gasteiger partial charge in [-0.05, 0) is 24.6 Å². The lowest BCUT2D eigenvalue weighted by atomic mass is 10.1. The Kier molecular flexibility index (Phi) is 3.66. The molecule has 0 aliphatic heterocycles. The summed E-state index contributed by atoms with van der Waals surface area (Å²) in [6.07, 6.45) is 1.74. The smallest absolute Gasteiger partial charge is 0.261 e. The molecule has 0 radical (unpaired) electrons. The van der Waals surface area contributed by atoms with E-state index < -0.39 is 0 Å². The van der Waals surface area contributed by atoms with Crippen molar-refractivity contribution in [3.8, 4) is 0 Å². The summed E-state index contributed by atoms with van der Waals surface area (Å²) in [6, 6.07) is 7.65. The van der Waals surface area contributed by atoms with Crippen LogP contribution in [-0.2, 0) is 13.6 Å². The van der Waals surface area contributed by atoms with E-state index in [1.807, 2.05) is 31.2 Å². The van der Waals surface area contributed by atoms with Crippen molar-refractivity contribution in [3.05, 3.63) is 47.3 Å². The Morgan fingerprint density at radius 2 is 2.21 bits per heavy atom. The Hall–Kier alpha value is -2.14. The van der Waals surface area contributed by atoms with Crippen molar-refractivity contribution in [2.75, 3.05) is 11.9 Å². The minimum atomic E-state index is -0.0697. The summed E-state index contributed by atoms with van der Waals surface area (Å²) in [6.45, 7) is 2.29. The first-order valence-corrected chi connectivity index (χ1v) is 6.10. The molecule has 19 heavy (non-hydrogen) atoms. The third kappa shape index (κ3) is 2.66. The zero-order valence-electron chi connectivity index (χ0n) is 11.4. The highest BCUT2D eigenvalue weighted by Gasteiger charge is 2.18. The van der Waals surface area contributed by atoms with Gasteiger partial charge in [0.25, 0.3) is 5.91 Å². The fraction of sp³-hybridized carbons (Fsp3) is 0.286. The van der Waals surface area contributed by atoms with Crippen LogP contribution in [0.5, 0.6) is 0 Å². The van der Waals surface area contributed by atoms with Crippen LogP contribution in [-0.4, -0.2) is 22.7 Å². The standard InChI is InChI=1S/C14H18N4O/c1-10-13(9-17(2)16-10)14(19)18(3)12-6-4-5-11(7-12)8-15/h4-7,9H,8,15H2,1-3H3. The van der Waals surface area contributed by atoms with Gasteiger partial charge in [0.2, 0.25) is 0 Å². The van der Waals surface area contributed by atoms with E-state index in [0.717, 1.165) is 16.9 Å². The maximum Gasteiger partial charge on any atom is 0.261 e. The molecule has 0 spiro atoms. The Morgan fingerprint density at radius 1 is 1.47 bits per heavy atom. The molecular formula is C14H18N4O. The van der Waals surface area contributed by atoms with Gasteiger partial charge >= 0.3 is 0 Å². The third-order valence-corrected chi connectivity index (χ3v) is 3.08. The molecule has 2 N–H and O–H groups in total. The summed E-state index contributed by atoms with van der Waals surface area (Å²) in [5.41, 5.74) is 8.79. The Labute approximate surface area is 112 Å². The van der Waals surface area contributed by atoms with E-state index in [4.69, 9.17) is 5.73 Å². The van der Waals surface area contributed by atoms with Crippen molar-refractivity contribution in [1.29, 1.82) is 0 Å². The maximum absolute atomic E-state index is 12.4. The van der Waals surface area contributed by atoms with Gasteiger partial charge in [-0.1, -0.05) is 12.1 Å². The molecule has 1 heterocycles. The van der Waals surface area contributed by atoms with E-state index in [1.165, 1.54) is 0 Å². The number of aromatic nitrogens is 2. The topological polar surface area (TPSA) is 64.2 Å². The van der Waals surface area contributed by atoms with Crippen molar-refractivity contribution in [3.63, 3.8) is 0 Å². The number of carbonyl (C=O) groups excluding carboxylic acids is 1. The second kappa shape index (κ2) is 5.24. The zero-order valence-corrected chi connectivity index (χ0v) is 11.4. The van der Waals surface area contributed by atoms with Crippen molar-refractivity contribution >= 4 is 11.6 Å². The predicted molar refractivity (Wildman–Crippen MR) is 75.0 cm³/mol. The van der Waals surface area contributed by atoms with Gasteiger partial charge in [-0.3, -0.25) is 9.48 Å². The Bertz CT molecular complexity index is 603. The number of hydrogen-bond acceptors (Lipinski definition) is 3. The molecule has 1 aromatic carbocycles. The zero-order chi connectivity index (χ0) is 14.0. The van der Waals surface area contributed by atoms with Crippen molar-refractivity contribution in [2.45, 2.75) is 13.5 Å². The maximum atomic E-state index is 12.4. The number of benzene rings is 1. The van der Waals surface area contributed by atoms with Gasteiger partial charge < -0.3 is 10.6 Å².